The van der Waals surface area contributed by atoms with E-state index in [1.165, 1.54) is 22.8 Å². The Balaban J connectivity index is 0.000000257. The van der Waals surface area contributed by atoms with Gasteiger partial charge in [0.25, 0.3) is 0 Å². The van der Waals surface area contributed by atoms with Crippen LogP contribution in [0.25, 0.3) is 0 Å². The van der Waals surface area contributed by atoms with Gasteiger partial charge in [0.15, 0.2) is 6.29 Å². The fraction of sp³-hybridized carbons (Fsp3) is 0.500. The number of aliphatic carboxylic acids is 1. The molecule has 2 aromatic rings. The average Bonchev–Trinajstić information content (AvgIpc) is 3.00. The molecule has 1 heterocycles. The first-order valence-corrected chi connectivity index (χ1v) is 18.5. The highest BCUT2D eigenvalue weighted by atomic mass is 33.1. The van der Waals surface area contributed by atoms with E-state index < -0.39 is 78.7 Å². The summed E-state index contributed by atoms with van der Waals surface area (Å²) < 4.78 is 29.4. The lowest BCUT2D eigenvalue weighted by molar-refractivity contribution is -0.293. The van der Waals surface area contributed by atoms with Gasteiger partial charge in [-0.1, -0.05) is 36.4 Å². The van der Waals surface area contributed by atoms with Crippen molar-refractivity contribution >= 4 is 40.3 Å². The summed E-state index contributed by atoms with van der Waals surface area (Å²) in [4.78, 5) is 12.7. The molecule has 2 fully saturated rings. The Kier molecular flexibility index (Phi) is 14.3. The topological polar surface area (TPSA) is 245 Å². The molecular weight excluding hydrogens is 649 g/mol. The molecule has 17 heteroatoms. The van der Waals surface area contributed by atoms with Crippen LogP contribution in [-0.4, -0.2) is 110 Å². The predicted molar refractivity (Wildman–Crippen MR) is 168 cm³/mol. The minimum absolute atomic E-state index is 0.161. The summed E-state index contributed by atoms with van der Waals surface area (Å²) in [6.45, 7) is 3.90. The molecule has 0 bridgehead atoms. The molecule has 2 aromatic carbocycles. The fourth-order valence-corrected chi connectivity index (χ4v) is 11.3. The van der Waals surface area contributed by atoms with Gasteiger partial charge in [0.1, 0.15) is 36.6 Å². The lowest BCUT2D eigenvalue weighted by Crippen LogP contribution is -2.66. The number of nitrogens with two attached hydrogens (primary N) is 1. The number of amidine groups is 1. The molecule has 0 spiro atoms. The number of ether oxygens (including phenoxy) is 2. The van der Waals surface area contributed by atoms with Crippen LogP contribution in [-0.2, 0) is 23.4 Å². The second-order valence-corrected chi connectivity index (χ2v) is 17.4. The number of carbonyl (C=O) groups is 1. The number of aliphatic hydroxyl groups is 5. The first kappa shape index (κ1) is 37.4. The maximum Gasteiger partial charge on any atom is 0.370 e. The summed E-state index contributed by atoms with van der Waals surface area (Å²) in [5.41, 5.74) is 5.94. The third kappa shape index (κ3) is 10.5. The Morgan fingerprint density at radius 1 is 0.956 bits per heavy atom. The lowest BCUT2D eigenvalue weighted by Gasteiger charge is -2.45. The van der Waals surface area contributed by atoms with E-state index in [0.717, 1.165) is 9.79 Å². The van der Waals surface area contributed by atoms with Gasteiger partial charge in [-0.3, -0.25) is 9.97 Å². The van der Waals surface area contributed by atoms with Crippen molar-refractivity contribution in [3.05, 3.63) is 60.7 Å². The van der Waals surface area contributed by atoms with Crippen LogP contribution in [0.5, 0.6) is 0 Å². The fourth-order valence-electron chi connectivity index (χ4n) is 4.52. The van der Waals surface area contributed by atoms with E-state index in [0.29, 0.717) is 6.61 Å². The summed E-state index contributed by atoms with van der Waals surface area (Å²) in [6, 6.07) is 18.0. The molecule has 1 aliphatic carbocycles. The van der Waals surface area contributed by atoms with Crippen molar-refractivity contribution in [1.82, 2.24) is 5.32 Å². The van der Waals surface area contributed by atoms with Gasteiger partial charge in [-0.25, -0.2) is 4.79 Å². The van der Waals surface area contributed by atoms with Gasteiger partial charge in [0, 0.05) is 9.79 Å². The summed E-state index contributed by atoms with van der Waals surface area (Å²) in [7, 11) is 0. The normalized spacial score (nSPS) is 31.7. The van der Waals surface area contributed by atoms with Crippen molar-refractivity contribution in [2.75, 3.05) is 6.61 Å². The quantitative estimate of drug-likeness (QED) is 0.103. The molecule has 4 rings (SSSR count). The SMILES string of the molecule is CCOP(=O)(Sc1ccccc1)Sc1ccccc1.C[C@H]1O[C@H](O[C@H]2[C@H](O)[C@@H](O)[C@@H](O)[C@H](O)[C@@H]2O)[C@@H](N)C[C@@H]1NC(=N)C(=O)O. The monoisotopic (exact) mass is 689 g/mol. The zero-order valence-electron chi connectivity index (χ0n) is 24.5. The zero-order valence-corrected chi connectivity index (χ0v) is 27.1. The van der Waals surface area contributed by atoms with E-state index in [4.69, 9.17) is 30.2 Å². The largest absolute Gasteiger partial charge is 0.475 e. The van der Waals surface area contributed by atoms with Crippen LogP contribution in [0.3, 0.4) is 0 Å². The van der Waals surface area contributed by atoms with E-state index in [2.05, 4.69) is 5.32 Å². The summed E-state index contributed by atoms with van der Waals surface area (Å²) in [6.07, 6.45) is -11.7. The first-order chi connectivity index (χ1) is 21.3. The second-order valence-electron chi connectivity index (χ2n) is 10.3. The lowest BCUT2D eigenvalue weighted by atomic mass is 9.84. The Bertz CT molecular complexity index is 1220. The molecule has 1 aliphatic heterocycles. The molecule has 14 nitrogen and oxygen atoms in total. The molecule has 45 heavy (non-hydrogen) atoms. The molecule has 2 aliphatic rings. The molecular formula is C28H40N3O11PS2. The predicted octanol–water partition coefficient (Wildman–Crippen LogP) is 1.39. The van der Waals surface area contributed by atoms with Gasteiger partial charge in [-0.2, -0.15) is 0 Å². The van der Waals surface area contributed by atoms with E-state index in [1.54, 1.807) is 6.92 Å². The van der Waals surface area contributed by atoms with Crippen molar-refractivity contribution in [1.29, 1.82) is 5.41 Å². The van der Waals surface area contributed by atoms with Crippen LogP contribution >= 0.6 is 28.5 Å². The van der Waals surface area contributed by atoms with Crippen molar-refractivity contribution in [3.63, 3.8) is 0 Å². The molecule has 0 unspecified atom stereocenters. The molecule has 1 saturated heterocycles. The third-order valence-corrected chi connectivity index (χ3v) is 13.5. The van der Waals surface area contributed by atoms with Gasteiger partial charge in [0.2, 0.25) is 5.84 Å². The van der Waals surface area contributed by atoms with Crippen LogP contribution in [0, 0.1) is 5.41 Å². The molecule has 0 radical (unpaired) electrons. The minimum Gasteiger partial charge on any atom is -0.475 e. The maximum atomic E-state index is 12.9. The van der Waals surface area contributed by atoms with Gasteiger partial charge in [-0.05, 0) is 67.3 Å². The summed E-state index contributed by atoms with van der Waals surface area (Å²) in [5.74, 6) is -4.97. The van der Waals surface area contributed by atoms with Gasteiger partial charge in [-0.15, -0.1) is 0 Å². The Morgan fingerprint density at radius 2 is 1.42 bits per heavy atom. The van der Waals surface area contributed by atoms with E-state index >= 15 is 0 Å². The van der Waals surface area contributed by atoms with Gasteiger partial charge in [0.05, 0.1) is 24.8 Å². The Hall–Kier alpha value is -2.05. The van der Waals surface area contributed by atoms with Gasteiger partial charge < -0.3 is 55.7 Å². The van der Waals surface area contributed by atoms with E-state index in [9.17, 15) is 34.9 Å². The third-order valence-electron chi connectivity index (χ3n) is 6.91. The Morgan fingerprint density at radius 3 is 1.87 bits per heavy atom. The number of carboxylic acid groups (broad SMARTS) is 1. The highest BCUT2D eigenvalue weighted by Crippen LogP contribution is 2.74. The number of aliphatic hydroxyl groups excluding tert-OH is 5. The van der Waals surface area contributed by atoms with Crippen molar-refractivity contribution in [3.8, 4) is 0 Å². The number of nitrogens with one attached hydrogen (secondary N) is 2. The smallest absolute Gasteiger partial charge is 0.370 e. The van der Waals surface area contributed by atoms with Crippen LogP contribution in [0.4, 0.5) is 0 Å². The maximum absolute atomic E-state index is 12.9. The van der Waals surface area contributed by atoms with Crippen LogP contribution in [0.15, 0.2) is 70.5 Å². The van der Waals surface area contributed by atoms with Gasteiger partial charge >= 0.3 is 11.7 Å². The molecule has 10 N–H and O–H groups in total. The van der Waals surface area contributed by atoms with E-state index in [1.807, 2.05) is 67.6 Å². The summed E-state index contributed by atoms with van der Waals surface area (Å²) >= 11 is 2.61. The average molecular weight is 690 g/mol. The molecule has 10 atom stereocenters. The van der Waals surface area contributed by atoms with Crippen LogP contribution in [0.1, 0.15) is 20.3 Å². The minimum atomic E-state index is -2.83. The van der Waals surface area contributed by atoms with Crippen molar-refractivity contribution in [2.45, 2.75) is 91.2 Å². The number of rotatable bonds is 9. The van der Waals surface area contributed by atoms with Crippen LogP contribution < -0.4 is 11.1 Å². The highest BCUT2D eigenvalue weighted by Gasteiger charge is 2.51. The van der Waals surface area contributed by atoms with Crippen molar-refractivity contribution < 1.29 is 54.0 Å². The molecule has 1 saturated carbocycles. The molecule has 250 valence electrons. The molecule has 0 amide bonds. The molecule has 0 aromatic heterocycles. The zero-order chi connectivity index (χ0) is 33.3. The van der Waals surface area contributed by atoms with Crippen molar-refractivity contribution in [2.24, 2.45) is 5.73 Å². The highest BCUT2D eigenvalue weighted by molar-refractivity contribution is 8.89. The number of benzene rings is 2. The van der Waals surface area contributed by atoms with Crippen LogP contribution in [0.2, 0.25) is 0 Å². The standard InChI is InChI=1S/C14H25N3O9.C14H15O2PS2/c1-3-5(17-12(16)13(23)24)2-4(15)14(25-3)26-11-9(21)7(19)6(18)8(20)10(11)22;1-2-16-17(15,18-13-9-5-3-6-10-13)19-14-11-7-4-8-12-14/h3-11,14,18-22H,2,15H2,1H3,(H2,16,17)(H,23,24);3-12H,2H2,1H3/t3-,4+,5+,6-,7+,8+,9-,10+,11+,14-;/m1./s1. The summed E-state index contributed by atoms with van der Waals surface area (Å²) in [5, 5.41) is 67.6. The first-order valence-electron chi connectivity index (χ1n) is 14.0. The second kappa shape index (κ2) is 17.2. The number of hydrogen-bond acceptors (Lipinski definition) is 14. The number of hydrogen-bond donors (Lipinski definition) is 9. The van der Waals surface area contributed by atoms with E-state index in [-0.39, 0.29) is 6.42 Å². The Labute approximate surface area is 268 Å². The number of carboxylic acids is 1.